The molecule has 1 aliphatic heterocycles. The summed E-state index contributed by atoms with van der Waals surface area (Å²) in [6.07, 6.45) is 3.16. The molecule has 4 heterocycles. The molecular weight excluding hydrogens is 503 g/mol. The molecule has 1 fully saturated rings. The van der Waals surface area contributed by atoms with E-state index in [0.29, 0.717) is 24.5 Å². The molecule has 0 N–H and O–H groups in total. The molecule has 0 aliphatic carbocycles. The van der Waals surface area contributed by atoms with E-state index in [0.717, 1.165) is 47.4 Å². The summed E-state index contributed by atoms with van der Waals surface area (Å²) in [6.45, 7) is 1.17. The number of para-hydroxylation sites is 1. The highest BCUT2D eigenvalue weighted by atomic mass is 19.4. The summed E-state index contributed by atoms with van der Waals surface area (Å²) in [7, 11) is 1.58. The minimum absolute atomic E-state index is 0.142. The van der Waals surface area contributed by atoms with Gasteiger partial charge in [-0.2, -0.15) is 13.2 Å². The van der Waals surface area contributed by atoms with Crippen LogP contribution in [0.1, 0.15) is 24.8 Å². The number of pyridine rings is 2. The highest BCUT2D eigenvalue weighted by Crippen LogP contribution is 2.39. The first-order chi connectivity index (χ1) is 18.8. The molecule has 6 nitrogen and oxygen atoms in total. The Balaban J connectivity index is 1.46. The standard InChI is InChI=1S/C30H26F3N5O/c1-36-19-28(26-16-20(11-12-34-26)22-15-21-7-3-4-8-25(21)35-18-22)38(29(36)39)23-9-10-27(24(17-23)30(31,32)33)37-13-5-2-6-14-37/h3-4,7-12,15-19H,2,5-6,13-14H2,1H3. The van der Waals surface area contributed by atoms with Crippen molar-refractivity contribution in [2.75, 3.05) is 18.0 Å². The van der Waals surface area contributed by atoms with Crippen LogP contribution in [0.5, 0.6) is 0 Å². The van der Waals surface area contributed by atoms with Gasteiger partial charge < -0.3 is 9.47 Å². The summed E-state index contributed by atoms with van der Waals surface area (Å²) in [4.78, 5) is 24.0. The van der Waals surface area contributed by atoms with Gasteiger partial charge in [-0.05, 0) is 67.3 Å². The Kier molecular flexibility index (Phi) is 6.21. The van der Waals surface area contributed by atoms with Gasteiger partial charge in [0.1, 0.15) is 0 Å². The lowest BCUT2D eigenvalue weighted by atomic mass is 10.0. The molecule has 0 unspecified atom stereocenters. The number of aryl methyl sites for hydroxylation is 1. The van der Waals surface area contributed by atoms with Gasteiger partial charge in [0.2, 0.25) is 0 Å². The van der Waals surface area contributed by atoms with Crippen molar-refractivity contribution >= 4 is 16.6 Å². The molecule has 5 aromatic rings. The van der Waals surface area contributed by atoms with Crippen molar-refractivity contribution in [2.45, 2.75) is 25.4 Å². The maximum absolute atomic E-state index is 14.2. The fraction of sp³-hybridized carbons (Fsp3) is 0.233. The lowest BCUT2D eigenvalue weighted by Crippen LogP contribution is -2.31. The molecule has 6 rings (SSSR count). The lowest BCUT2D eigenvalue weighted by molar-refractivity contribution is -0.137. The molecule has 39 heavy (non-hydrogen) atoms. The zero-order valence-corrected chi connectivity index (χ0v) is 21.3. The number of halogens is 3. The summed E-state index contributed by atoms with van der Waals surface area (Å²) in [5.74, 6) is 0. The second-order valence-electron chi connectivity index (χ2n) is 9.84. The molecule has 0 amide bonds. The van der Waals surface area contributed by atoms with Crippen molar-refractivity contribution in [3.8, 4) is 28.2 Å². The number of anilines is 1. The van der Waals surface area contributed by atoms with Gasteiger partial charge in [0.15, 0.2) is 0 Å². The van der Waals surface area contributed by atoms with Crippen LogP contribution in [-0.2, 0) is 13.2 Å². The fourth-order valence-electron chi connectivity index (χ4n) is 5.27. The normalized spacial score (nSPS) is 14.2. The Morgan fingerprint density at radius 3 is 2.46 bits per heavy atom. The molecule has 0 radical (unpaired) electrons. The first kappa shape index (κ1) is 24.9. The zero-order valence-electron chi connectivity index (χ0n) is 21.3. The number of hydrogen-bond acceptors (Lipinski definition) is 4. The number of alkyl halides is 3. The Morgan fingerprint density at radius 2 is 1.67 bits per heavy atom. The number of piperidine rings is 1. The van der Waals surface area contributed by atoms with E-state index >= 15 is 0 Å². The summed E-state index contributed by atoms with van der Waals surface area (Å²) < 4.78 is 45.4. The summed E-state index contributed by atoms with van der Waals surface area (Å²) in [5.41, 5.74) is 2.54. The number of nitrogens with zero attached hydrogens (tertiary/aromatic N) is 5. The predicted octanol–water partition coefficient (Wildman–Crippen LogP) is 6.46. The number of aromatic nitrogens is 4. The van der Waals surface area contributed by atoms with Gasteiger partial charge in [0.05, 0.1) is 28.2 Å². The van der Waals surface area contributed by atoms with Crippen LogP contribution in [0.3, 0.4) is 0 Å². The molecular formula is C30H26F3N5O. The third kappa shape index (κ3) is 4.69. The molecule has 9 heteroatoms. The highest BCUT2D eigenvalue weighted by Gasteiger charge is 2.36. The van der Waals surface area contributed by atoms with E-state index in [-0.39, 0.29) is 11.4 Å². The van der Waals surface area contributed by atoms with E-state index < -0.39 is 17.4 Å². The number of hydrogen-bond donors (Lipinski definition) is 0. The molecule has 0 spiro atoms. The van der Waals surface area contributed by atoms with Crippen LogP contribution in [0.25, 0.3) is 39.1 Å². The first-order valence-corrected chi connectivity index (χ1v) is 12.9. The molecule has 1 aliphatic rings. The van der Waals surface area contributed by atoms with E-state index in [2.05, 4.69) is 9.97 Å². The van der Waals surface area contributed by atoms with Crippen molar-refractivity contribution in [3.63, 3.8) is 0 Å². The maximum atomic E-state index is 14.2. The molecule has 0 atom stereocenters. The van der Waals surface area contributed by atoms with Gasteiger partial charge in [-0.3, -0.25) is 14.5 Å². The Bertz CT molecular complexity index is 1730. The summed E-state index contributed by atoms with van der Waals surface area (Å²) in [5, 5.41) is 0.985. The Morgan fingerprint density at radius 1 is 0.872 bits per heavy atom. The predicted molar refractivity (Wildman–Crippen MR) is 146 cm³/mol. The van der Waals surface area contributed by atoms with Gasteiger partial charge in [0.25, 0.3) is 0 Å². The van der Waals surface area contributed by atoms with E-state index in [1.807, 2.05) is 42.5 Å². The van der Waals surface area contributed by atoms with Gasteiger partial charge >= 0.3 is 11.9 Å². The average Bonchev–Trinajstić information content (AvgIpc) is 3.26. The topological polar surface area (TPSA) is 56.0 Å². The minimum Gasteiger partial charge on any atom is -0.371 e. The van der Waals surface area contributed by atoms with E-state index in [4.69, 9.17) is 0 Å². The van der Waals surface area contributed by atoms with Crippen LogP contribution in [-0.4, -0.2) is 32.2 Å². The SMILES string of the molecule is Cn1cc(-c2cc(-c3cnc4ccccc4c3)ccn2)n(-c2ccc(N3CCCCC3)c(C(F)(F)F)c2)c1=O. The Hall–Kier alpha value is -4.40. The fourth-order valence-corrected chi connectivity index (χ4v) is 5.27. The second kappa shape index (κ2) is 9.72. The molecule has 0 bridgehead atoms. The molecule has 3 aromatic heterocycles. The maximum Gasteiger partial charge on any atom is 0.418 e. The van der Waals surface area contributed by atoms with Gasteiger partial charge in [-0.25, -0.2) is 4.79 Å². The molecule has 0 saturated carbocycles. The van der Waals surface area contributed by atoms with Crippen molar-refractivity contribution in [3.05, 3.63) is 95.3 Å². The number of imidazole rings is 1. The summed E-state index contributed by atoms with van der Waals surface area (Å²) >= 11 is 0. The summed E-state index contributed by atoms with van der Waals surface area (Å²) in [6, 6.07) is 17.6. The van der Waals surface area contributed by atoms with E-state index in [9.17, 15) is 18.0 Å². The minimum atomic E-state index is -4.57. The van der Waals surface area contributed by atoms with Crippen molar-refractivity contribution in [1.29, 1.82) is 0 Å². The molecule has 2 aromatic carbocycles. The van der Waals surface area contributed by atoms with E-state index in [1.165, 1.54) is 15.2 Å². The third-order valence-corrected chi connectivity index (χ3v) is 7.24. The zero-order chi connectivity index (χ0) is 27.1. The average molecular weight is 530 g/mol. The van der Waals surface area contributed by atoms with Crippen LogP contribution in [0.4, 0.5) is 18.9 Å². The highest BCUT2D eigenvalue weighted by molar-refractivity contribution is 5.84. The third-order valence-electron chi connectivity index (χ3n) is 7.24. The van der Waals surface area contributed by atoms with Crippen molar-refractivity contribution < 1.29 is 13.2 Å². The second-order valence-corrected chi connectivity index (χ2v) is 9.84. The van der Waals surface area contributed by atoms with Crippen LogP contribution >= 0.6 is 0 Å². The van der Waals surface area contributed by atoms with Crippen molar-refractivity contribution in [2.24, 2.45) is 7.05 Å². The monoisotopic (exact) mass is 529 g/mol. The number of rotatable bonds is 4. The van der Waals surface area contributed by atoms with Crippen LogP contribution < -0.4 is 10.6 Å². The van der Waals surface area contributed by atoms with Crippen LogP contribution in [0, 0.1) is 0 Å². The molecule has 1 saturated heterocycles. The van der Waals surface area contributed by atoms with Gasteiger partial charge in [-0.15, -0.1) is 0 Å². The van der Waals surface area contributed by atoms with E-state index in [1.54, 1.807) is 36.6 Å². The largest absolute Gasteiger partial charge is 0.418 e. The van der Waals surface area contributed by atoms with Gasteiger partial charge in [-0.1, -0.05) is 18.2 Å². The quantitative estimate of drug-likeness (QED) is 0.268. The first-order valence-electron chi connectivity index (χ1n) is 12.9. The number of fused-ring (bicyclic) bond motifs is 1. The van der Waals surface area contributed by atoms with Gasteiger partial charge in [0, 0.05) is 55.4 Å². The van der Waals surface area contributed by atoms with Crippen molar-refractivity contribution in [1.82, 2.24) is 19.1 Å². The van der Waals surface area contributed by atoms with Crippen LogP contribution in [0.2, 0.25) is 0 Å². The molecule has 198 valence electrons. The smallest absolute Gasteiger partial charge is 0.371 e. The number of benzene rings is 2. The van der Waals surface area contributed by atoms with Crippen LogP contribution in [0.15, 0.2) is 84.0 Å². The Labute approximate surface area is 223 Å². The lowest BCUT2D eigenvalue weighted by Gasteiger charge is -2.31.